The molecule has 1 amide bonds. The van der Waals surface area contributed by atoms with Gasteiger partial charge >= 0.3 is 0 Å². The van der Waals surface area contributed by atoms with Crippen molar-refractivity contribution >= 4 is 21.4 Å². The molecule has 1 N–H and O–H groups in total. The van der Waals surface area contributed by atoms with Gasteiger partial charge in [-0.25, -0.2) is 8.42 Å². The summed E-state index contributed by atoms with van der Waals surface area (Å²) < 4.78 is 23.6. The Bertz CT molecular complexity index is 534. The lowest BCUT2D eigenvalue weighted by Gasteiger charge is -2.08. The second-order valence-electron chi connectivity index (χ2n) is 3.76. The fraction of sp³-hybridized carbons (Fsp3) is 0.364. The molecule has 0 fully saturated rings. The number of fused-ring (bicyclic) bond motifs is 1. The van der Waals surface area contributed by atoms with E-state index in [1.807, 2.05) is 0 Å². The first-order valence-corrected chi connectivity index (χ1v) is 6.84. The van der Waals surface area contributed by atoms with Crippen LogP contribution in [0.5, 0.6) is 0 Å². The van der Waals surface area contributed by atoms with Crippen molar-refractivity contribution in [1.29, 1.82) is 0 Å². The Hall–Kier alpha value is -1.36. The second kappa shape index (κ2) is 3.90. The van der Waals surface area contributed by atoms with Crippen molar-refractivity contribution in [3.8, 4) is 0 Å². The molecule has 1 aliphatic heterocycles. The monoisotopic (exact) mass is 239 g/mol. The van der Waals surface area contributed by atoms with Crippen LogP contribution in [0.4, 0.5) is 5.69 Å². The standard InChI is InChI=1S/C11H13NO3S/c1-2-10(13)12-9-5-3-4-8-6-7-16(14,15)11(8)9/h3-5H,2,6-7H2,1H3,(H,12,13). The minimum atomic E-state index is -3.20. The molecule has 0 spiro atoms. The van der Waals surface area contributed by atoms with Crippen molar-refractivity contribution in [2.45, 2.75) is 24.7 Å². The third-order valence-electron chi connectivity index (χ3n) is 2.64. The zero-order chi connectivity index (χ0) is 11.8. The molecule has 0 aromatic heterocycles. The maximum atomic E-state index is 11.8. The molecule has 0 aliphatic carbocycles. The summed E-state index contributed by atoms with van der Waals surface area (Å²) in [6.45, 7) is 1.73. The minimum Gasteiger partial charge on any atom is -0.325 e. The number of sulfone groups is 1. The number of nitrogens with one attached hydrogen (secondary N) is 1. The molecule has 0 atom stereocenters. The van der Waals surface area contributed by atoms with Crippen LogP contribution in [0.3, 0.4) is 0 Å². The van der Waals surface area contributed by atoms with Crippen molar-refractivity contribution in [1.82, 2.24) is 0 Å². The van der Waals surface area contributed by atoms with Crippen molar-refractivity contribution < 1.29 is 13.2 Å². The zero-order valence-corrected chi connectivity index (χ0v) is 9.80. The summed E-state index contributed by atoms with van der Waals surface area (Å²) >= 11 is 0. The smallest absolute Gasteiger partial charge is 0.224 e. The Kier molecular flexibility index (Phi) is 2.71. The van der Waals surface area contributed by atoms with E-state index in [1.54, 1.807) is 25.1 Å². The van der Waals surface area contributed by atoms with Gasteiger partial charge in [0.2, 0.25) is 5.91 Å². The lowest BCUT2D eigenvalue weighted by atomic mass is 10.1. The van der Waals surface area contributed by atoms with Crippen LogP contribution in [0.1, 0.15) is 18.9 Å². The molecule has 2 rings (SSSR count). The quantitative estimate of drug-likeness (QED) is 0.847. The van der Waals surface area contributed by atoms with Gasteiger partial charge in [0.1, 0.15) is 0 Å². The SMILES string of the molecule is CCC(=O)Nc1cccc2c1S(=O)(=O)CC2. The van der Waals surface area contributed by atoms with Crippen molar-refractivity contribution in [2.75, 3.05) is 11.1 Å². The van der Waals surface area contributed by atoms with Gasteiger partial charge in [0.05, 0.1) is 16.3 Å². The van der Waals surface area contributed by atoms with Crippen LogP contribution in [-0.2, 0) is 21.1 Å². The molecule has 16 heavy (non-hydrogen) atoms. The van der Waals surface area contributed by atoms with Gasteiger partial charge < -0.3 is 5.32 Å². The highest BCUT2D eigenvalue weighted by Crippen LogP contribution is 2.32. The van der Waals surface area contributed by atoms with Gasteiger partial charge in [-0.15, -0.1) is 0 Å². The first-order valence-electron chi connectivity index (χ1n) is 5.19. The fourth-order valence-corrected chi connectivity index (χ4v) is 3.55. The normalized spacial score (nSPS) is 16.8. The van der Waals surface area contributed by atoms with Crippen LogP contribution in [-0.4, -0.2) is 20.1 Å². The molecule has 0 saturated carbocycles. The van der Waals surface area contributed by atoms with Crippen molar-refractivity contribution in [3.63, 3.8) is 0 Å². The van der Waals surface area contributed by atoms with Gasteiger partial charge in [0.15, 0.2) is 9.84 Å². The Morgan fingerprint density at radius 3 is 2.88 bits per heavy atom. The fourth-order valence-electron chi connectivity index (χ4n) is 1.83. The highest BCUT2D eigenvalue weighted by atomic mass is 32.2. The van der Waals surface area contributed by atoms with E-state index < -0.39 is 9.84 Å². The van der Waals surface area contributed by atoms with Gasteiger partial charge in [-0.1, -0.05) is 19.1 Å². The molecular weight excluding hydrogens is 226 g/mol. The average molecular weight is 239 g/mol. The van der Waals surface area contributed by atoms with E-state index in [0.717, 1.165) is 5.56 Å². The molecule has 0 unspecified atom stereocenters. The Morgan fingerprint density at radius 2 is 2.19 bits per heavy atom. The predicted molar refractivity (Wildman–Crippen MR) is 61.1 cm³/mol. The first-order chi connectivity index (χ1) is 7.54. The van der Waals surface area contributed by atoms with Gasteiger partial charge in [-0.05, 0) is 18.1 Å². The van der Waals surface area contributed by atoms with E-state index in [4.69, 9.17) is 0 Å². The number of hydrogen-bond acceptors (Lipinski definition) is 3. The number of anilines is 1. The Labute approximate surface area is 94.6 Å². The van der Waals surface area contributed by atoms with Crippen LogP contribution in [0.25, 0.3) is 0 Å². The number of amides is 1. The topological polar surface area (TPSA) is 63.2 Å². The van der Waals surface area contributed by atoms with Crippen LogP contribution in [0.2, 0.25) is 0 Å². The summed E-state index contributed by atoms with van der Waals surface area (Å²) in [5, 5.41) is 2.63. The zero-order valence-electron chi connectivity index (χ0n) is 8.99. The summed E-state index contributed by atoms with van der Waals surface area (Å²) in [4.78, 5) is 11.6. The number of carbonyl (C=O) groups is 1. The highest BCUT2D eigenvalue weighted by Gasteiger charge is 2.29. The van der Waals surface area contributed by atoms with Gasteiger partial charge in [-0.2, -0.15) is 0 Å². The first kappa shape index (κ1) is 11.1. The molecule has 0 saturated heterocycles. The Morgan fingerprint density at radius 1 is 1.44 bits per heavy atom. The van der Waals surface area contributed by atoms with E-state index in [2.05, 4.69) is 5.32 Å². The van der Waals surface area contributed by atoms with Crippen LogP contribution < -0.4 is 5.32 Å². The molecule has 0 bridgehead atoms. The summed E-state index contributed by atoms with van der Waals surface area (Å²) in [6, 6.07) is 5.20. The molecule has 1 aliphatic rings. The summed E-state index contributed by atoms with van der Waals surface area (Å²) in [7, 11) is -3.20. The van der Waals surface area contributed by atoms with Crippen LogP contribution >= 0.6 is 0 Å². The summed E-state index contributed by atoms with van der Waals surface area (Å²) in [5.74, 6) is -0.0306. The number of carbonyl (C=O) groups excluding carboxylic acids is 1. The maximum absolute atomic E-state index is 11.8. The van der Waals surface area contributed by atoms with Gasteiger partial charge in [0.25, 0.3) is 0 Å². The molecule has 0 radical (unpaired) electrons. The number of hydrogen-bond donors (Lipinski definition) is 1. The van der Waals surface area contributed by atoms with Crippen LogP contribution in [0, 0.1) is 0 Å². The molecule has 4 nitrogen and oxygen atoms in total. The van der Waals surface area contributed by atoms with Gasteiger partial charge in [0, 0.05) is 6.42 Å². The van der Waals surface area contributed by atoms with Gasteiger partial charge in [-0.3, -0.25) is 4.79 Å². The van der Waals surface area contributed by atoms with E-state index in [1.165, 1.54) is 0 Å². The van der Waals surface area contributed by atoms with Crippen molar-refractivity contribution in [3.05, 3.63) is 23.8 Å². The minimum absolute atomic E-state index is 0.140. The number of benzene rings is 1. The van der Waals surface area contributed by atoms with E-state index in [-0.39, 0.29) is 11.7 Å². The van der Waals surface area contributed by atoms with Crippen molar-refractivity contribution in [2.24, 2.45) is 0 Å². The molecule has 1 aromatic carbocycles. The molecule has 1 heterocycles. The molecule has 1 aromatic rings. The number of rotatable bonds is 2. The molecular formula is C11H13NO3S. The third kappa shape index (κ3) is 1.82. The molecule has 5 heteroatoms. The number of aryl methyl sites for hydroxylation is 1. The average Bonchev–Trinajstić information content (AvgIpc) is 2.56. The largest absolute Gasteiger partial charge is 0.325 e. The Balaban J connectivity index is 2.49. The second-order valence-corrected chi connectivity index (χ2v) is 5.81. The molecule has 86 valence electrons. The maximum Gasteiger partial charge on any atom is 0.224 e. The van der Waals surface area contributed by atoms with E-state index in [0.29, 0.717) is 23.4 Å². The lowest BCUT2D eigenvalue weighted by molar-refractivity contribution is -0.115. The lowest BCUT2D eigenvalue weighted by Crippen LogP contribution is -2.12. The van der Waals surface area contributed by atoms with E-state index in [9.17, 15) is 13.2 Å². The van der Waals surface area contributed by atoms with E-state index >= 15 is 0 Å². The van der Waals surface area contributed by atoms with Crippen LogP contribution in [0.15, 0.2) is 23.1 Å². The predicted octanol–water partition coefficient (Wildman–Crippen LogP) is 1.36. The third-order valence-corrected chi connectivity index (χ3v) is 4.49. The highest BCUT2D eigenvalue weighted by molar-refractivity contribution is 7.91. The summed E-state index contributed by atoms with van der Waals surface area (Å²) in [5.41, 5.74) is 1.22. The summed E-state index contributed by atoms with van der Waals surface area (Å²) in [6.07, 6.45) is 0.872.